The summed E-state index contributed by atoms with van der Waals surface area (Å²) in [5, 5.41) is 7.07. The second kappa shape index (κ2) is 9.19. The molecule has 5 aromatic rings. The van der Waals surface area contributed by atoms with Gasteiger partial charge in [-0.25, -0.2) is 4.98 Å². The smallest absolute Gasteiger partial charge is 0.227 e. The number of aromatic nitrogens is 4. The summed E-state index contributed by atoms with van der Waals surface area (Å²) in [6, 6.07) is 21.1. The number of nitrogens with zero attached hydrogens (tertiary/aromatic N) is 4. The Labute approximate surface area is 196 Å². The molecule has 1 N–H and O–H groups in total. The van der Waals surface area contributed by atoms with Gasteiger partial charge in [-0.1, -0.05) is 41.6 Å². The summed E-state index contributed by atoms with van der Waals surface area (Å²) < 4.78 is 12.4. The third kappa shape index (κ3) is 4.25. The van der Waals surface area contributed by atoms with Crippen LogP contribution < -0.4 is 10.1 Å². The molecule has 5 rings (SSSR count). The fourth-order valence-corrected chi connectivity index (χ4v) is 3.75. The molecule has 0 unspecified atom stereocenters. The molecule has 34 heavy (non-hydrogen) atoms. The standard InChI is InChI=1S/C26H23N5O3/c1-17-7-6-16-31-25(17)29-23(18-8-4-3-5-9-18)26(31)27-21(32)14-15-22-28-24(30-34-22)19-10-12-20(33-2)13-11-19/h3-13,16H,14-15H2,1-2H3,(H,27,32). The minimum Gasteiger partial charge on any atom is -0.497 e. The summed E-state index contributed by atoms with van der Waals surface area (Å²) >= 11 is 0. The highest BCUT2D eigenvalue weighted by molar-refractivity contribution is 5.94. The van der Waals surface area contributed by atoms with Gasteiger partial charge in [0.2, 0.25) is 17.6 Å². The van der Waals surface area contributed by atoms with Crippen LogP contribution in [0.5, 0.6) is 5.75 Å². The zero-order chi connectivity index (χ0) is 23.5. The number of benzene rings is 2. The summed E-state index contributed by atoms with van der Waals surface area (Å²) in [4.78, 5) is 22.1. The van der Waals surface area contributed by atoms with Crippen molar-refractivity contribution in [2.24, 2.45) is 0 Å². The third-order valence-corrected chi connectivity index (χ3v) is 5.53. The fourth-order valence-electron chi connectivity index (χ4n) is 3.75. The van der Waals surface area contributed by atoms with Gasteiger partial charge in [-0.2, -0.15) is 4.98 Å². The number of amides is 1. The Hall–Kier alpha value is -4.46. The lowest BCUT2D eigenvalue weighted by Crippen LogP contribution is -2.14. The van der Waals surface area contributed by atoms with Crippen LogP contribution in [-0.4, -0.2) is 32.5 Å². The summed E-state index contributed by atoms with van der Waals surface area (Å²) in [6.45, 7) is 2.00. The van der Waals surface area contributed by atoms with E-state index in [9.17, 15) is 4.79 Å². The van der Waals surface area contributed by atoms with Crippen molar-refractivity contribution >= 4 is 17.4 Å². The third-order valence-electron chi connectivity index (χ3n) is 5.53. The van der Waals surface area contributed by atoms with Gasteiger partial charge in [0.1, 0.15) is 22.9 Å². The Morgan fingerprint density at radius 2 is 1.79 bits per heavy atom. The molecule has 0 saturated heterocycles. The summed E-state index contributed by atoms with van der Waals surface area (Å²) in [7, 11) is 1.61. The topological polar surface area (TPSA) is 94.5 Å². The van der Waals surface area contributed by atoms with E-state index in [2.05, 4.69) is 15.5 Å². The summed E-state index contributed by atoms with van der Waals surface area (Å²) in [6.07, 6.45) is 2.42. The predicted molar refractivity (Wildman–Crippen MR) is 129 cm³/mol. The number of nitrogens with one attached hydrogen (secondary N) is 1. The lowest BCUT2D eigenvalue weighted by atomic mass is 10.1. The molecule has 1 amide bonds. The first-order chi connectivity index (χ1) is 16.6. The van der Waals surface area contributed by atoms with Gasteiger partial charge in [-0.3, -0.25) is 9.20 Å². The lowest BCUT2D eigenvalue weighted by Gasteiger charge is -2.07. The quantitative estimate of drug-likeness (QED) is 0.375. The van der Waals surface area contributed by atoms with Crippen LogP contribution in [0.1, 0.15) is 17.9 Å². The zero-order valence-electron chi connectivity index (χ0n) is 18.9. The van der Waals surface area contributed by atoms with Crippen molar-refractivity contribution in [3.8, 4) is 28.4 Å². The number of rotatable bonds is 7. The minimum absolute atomic E-state index is 0.162. The van der Waals surface area contributed by atoms with E-state index in [1.54, 1.807) is 7.11 Å². The Bertz CT molecular complexity index is 1440. The van der Waals surface area contributed by atoms with Crippen LogP contribution in [0.2, 0.25) is 0 Å². The molecule has 3 heterocycles. The van der Waals surface area contributed by atoms with E-state index < -0.39 is 0 Å². The molecule has 2 aromatic carbocycles. The zero-order valence-corrected chi connectivity index (χ0v) is 18.9. The molecular weight excluding hydrogens is 430 g/mol. The number of carbonyl (C=O) groups is 1. The number of hydrogen-bond donors (Lipinski definition) is 1. The Kier molecular flexibility index (Phi) is 5.78. The first kappa shape index (κ1) is 21.4. The average molecular weight is 454 g/mol. The predicted octanol–water partition coefficient (Wildman–Crippen LogP) is 4.94. The van der Waals surface area contributed by atoms with Crippen LogP contribution in [0, 0.1) is 6.92 Å². The van der Waals surface area contributed by atoms with Gasteiger partial charge in [0.05, 0.1) is 7.11 Å². The van der Waals surface area contributed by atoms with Gasteiger partial charge >= 0.3 is 0 Å². The largest absolute Gasteiger partial charge is 0.497 e. The van der Waals surface area contributed by atoms with E-state index in [-0.39, 0.29) is 12.3 Å². The highest BCUT2D eigenvalue weighted by Gasteiger charge is 2.18. The molecule has 8 heteroatoms. The van der Waals surface area contributed by atoms with Crippen molar-refractivity contribution in [1.29, 1.82) is 0 Å². The van der Waals surface area contributed by atoms with Gasteiger partial charge in [-0.15, -0.1) is 0 Å². The van der Waals surface area contributed by atoms with Crippen molar-refractivity contribution < 1.29 is 14.1 Å². The number of methoxy groups -OCH3 is 1. The van der Waals surface area contributed by atoms with E-state index in [1.807, 2.05) is 84.3 Å². The number of pyridine rings is 1. The van der Waals surface area contributed by atoms with Crippen molar-refractivity contribution in [2.45, 2.75) is 19.8 Å². The summed E-state index contributed by atoms with van der Waals surface area (Å²) in [5.41, 5.74) is 4.30. The summed E-state index contributed by atoms with van der Waals surface area (Å²) in [5.74, 6) is 2.10. The van der Waals surface area contributed by atoms with Crippen LogP contribution in [0.3, 0.4) is 0 Å². The molecule has 0 aliphatic carbocycles. The maximum Gasteiger partial charge on any atom is 0.227 e. The molecule has 0 radical (unpaired) electrons. The molecule has 0 saturated carbocycles. The number of aryl methyl sites for hydroxylation is 2. The first-order valence-electron chi connectivity index (χ1n) is 10.9. The Balaban J connectivity index is 1.33. The van der Waals surface area contributed by atoms with Gasteiger partial charge < -0.3 is 14.6 Å². The lowest BCUT2D eigenvalue weighted by molar-refractivity contribution is -0.116. The molecule has 0 fully saturated rings. The number of anilines is 1. The number of imidazole rings is 1. The van der Waals surface area contributed by atoms with Crippen LogP contribution in [0.15, 0.2) is 77.4 Å². The number of fused-ring (bicyclic) bond motifs is 1. The number of ether oxygens (including phenoxy) is 1. The molecule has 0 aliphatic rings. The maximum absolute atomic E-state index is 12.9. The molecule has 170 valence electrons. The first-order valence-corrected chi connectivity index (χ1v) is 10.9. The van der Waals surface area contributed by atoms with Gasteiger partial charge in [-0.05, 0) is 42.8 Å². The molecule has 3 aromatic heterocycles. The average Bonchev–Trinajstić information content (AvgIpc) is 3.49. The van der Waals surface area contributed by atoms with Gasteiger partial charge in [0.15, 0.2) is 0 Å². The van der Waals surface area contributed by atoms with Gasteiger partial charge in [0, 0.05) is 30.2 Å². The van der Waals surface area contributed by atoms with E-state index in [1.165, 1.54) is 0 Å². The van der Waals surface area contributed by atoms with E-state index in [0.29, 0.717) is 24.0 Å². The highest BCUT2D eigenvalue weighted by Crippen LogP contribution is 2.30. The van der Waals surface area contributed by atoms with Crippen molar-refractivity contribution in [2.75, 3.05) is 12.4 Å². The van der Waals surface area contributed by atoms with Crippen LogP contribution in [-0.2, 0) is 11.2 Å². The normalized spacial score (nSPS) is 11.0. The fraction of sp³-hybridized carbons (Fsp3) is 0.154. The van der Waals surface area contributed by atoms with E-state index in [4.69, 9.17) is 14.2 Å². The monoisotopic (exact) mass is 453 g/mol. The number of carbonyl (C=O) groups excluding carboxylic acids is 1. The van der Waals surface area contributed by atoms with Crippen molar-refractivity contribution in [1.82, 2.24) is 19.5 Å². The Morgan fingerprint density at radius 1 is 1.00 bits per heavy atom. The second-order valence-electron chi connectivity index (χ2n) is 7.85. The van der Waals surface area contributed by atoms with Crippen LogP contribution >= 0.6 is 0 Å². The Morgan fingerprint density at radius 3 is 2.56 bits per heavy atom. The molecular formula is C26H23N5O3. The van der Waals surface area contributed by atoms with E-state index in [0.717, 1.165) is 33.8 Å². The molecule has 8 nitrogen and oxygen atoms in total. The molecule has 0 spiro atoms. The molecule has 0 aliphatic heterocycles. The maximum atomic E-state index is 12.9. The molecule has 0 atom stereocenters. The van der Waals surface area contributed by atoms with Crippen LogP contribution in [0.25, 0.3) is 28.3 Å². The number of hydrogen-bond acceptors (Lipinski definition) is 6. The van der Waals surface area contributed by atoms with E-state index >= 15 is 0 Å². The highest BCUT2D eigenvalue weighted by atomic mass is 16.5. The second-order valence-corrected chi connectivity index (χ2v) is 7.85. The minimum atomic E-state index is -0.162. The van der Waals surface area contributed by atoms with Crippen LogP contribution in [0.4, 0.5) is 5.82 Å². The van der Waals surface area contributed by atoms with Crippen molar-refractivity contribution in [3.63, 3.8) is 0 Å². The SMILES string of the molecule is COc1ccc(-c2noc(CCC(=O)Nc3c(-c4ccccc4)nc4c(C)cccn34)n2)cc1. The molecule has 0 bridgehead atoms. The van der Waals surface area contributed by atoms with Gasteiger partial charge in [0.25, 0.3) is 0 Å². The van der Waals surface area contributed by atoms with Crippen molar-refractivity contribution in [3.05, 3.63) is 84.4 Å².